The van der Waals surface area contributed by atoms with Gasteiger partial charge in [0.05, 0.1) is 10.4 Å². The highest BCUT2D eigenvalue weighted by Gasteiger charge is 2.35. The van der Waals surface area contributed by atoms with Gasteiger partial charge in [-0.1, -0.05) is 30.2 Å². The van der Waals surface area contributed by atoms with E-state index in [1.165, 1.54) is 16.2 Å². The van der Waals surface area contributed by atoms with Gasteiger partial charge in [-0.3, -0.25) is 9.69 Å². The van der Waals surface area contributed by atoms with Crippen molar-refractivity contribution in [2.45, 2.75) is 36.2 Å². The van der Waals surface area contributed by atoms with E-state index in [4.69, 9.17) is 11.6 Å². The van der Waals surface area contributed by atoms with Crippen LogP contribution >= 0.6 is 34.7 Å². The second-order valence-electron chi connectivity index (χ2n) is 5.91. The first kappa shape index (κ1) is 17.8. The topological polar surface area (TPSA) is 40.5 Å². The summed E-state index contributed by atoms with van der Waals surface area (Å²) in [6.07, 6.45) is 4.75. The molecular weight excluding hydrogens is 362 g/mol. The summed E-state index contributed by atoms with van der Waals surface area (Å²) in [6.45, 7) is 0.793. The van der Waals surface area contributed by atoms with E-state index in [0.29, 0.717) is 6.42 Å². The first-order valence-electron chi connectivity index (χ1n) is 7.98. The predicted octanol–water partition coefficient (Wildman–Crippen LogP) is 5.15. The van der Waals surface area contributed by atoms with E-state index in [2.05, 4.69) is 35.4 Å². The Hall–Kier alpha value is -1.01. The van der Waals surface area contributed by atoms with Gasteiger partial charge in [-0.25, -0.2) is 0 Å². The van der Waals surface area contributed by atoms with E-state index >= 15 is 0 Å². The van der Waals surface area contributed by atoms with E-state index in [1.807, 2.05) is 12.1 Å². The Labute approximate surface area is 155 Å². The molecule has 1 fully saturated rings. The normalized spacial score (nSPS) is 20.0. The molecule has 1 aliphatic rings. The SMILES string of the molecule is CSc1ccc(C(c2ccc(Cl)s2)N2CCCCC2C(=O)O)cc1. The maximum absolute atomic E-state index is 11.8. The quantitative estimate of drug-likeness (QED) is 0.727. The molecule has 2 atom stereocenters. The minimum Gasteiger partial charge on any atom is -0.480 e. The maximum Gasteiger partial charge on any atom is 0.320 e. The number of hydrogen-bond donors (Lipinski definition) is 1. The number of carboxylic acid groups (broad SMARTS) is 1. The van der Waals surface area contributed by atoms with E-state index in [-0.39, 0.29) is 6.04 Å². The highest BCUT2D eigenvalue weighted by Crippen LogP contribution is 2.39. The number of benzene rings is 1. The molecule has 0 amide bonds. The average molecular weight is 382 g/mol. The summed E-state index contributed by atoms with van der Waals surface area (Å²) in [5.74, 6) is -0.733. The molecule has 0 aliphatic carbocycles. The van der Waals surface area contributed by atoms with Gasteiger partial charge in [-0.2, -0.15) is 0 Å². The molecule has 2 aromatic rings. The third-order valence-electron chi connectivity index (χ3n) is 4.46. The molecule has 1 aliphatic heterocycles. The van der Waals surface area contributed by atoms with Gasteiger partial charge in [0.15, 0.2) is 0 Å². The third-order valence-corrected chi connectivity index (χ3v) is 6.48. The summed E-state index contributed by atoms with van der Waals surface area (Å²) in [7, 11) is 0. The van der Waals surface area contributed by atoms with Gasteiger partial charge < -0.3 is 5.11 Å². The summed E-state index contributed by atoms with van der Waals surface area (Å²) in [5.41, 5.74) is 1.12. The molecule has 3 rings (SSSR count). The molecule has 128 valence electrons. The third kappa shape index (κ3) is 3.80. The fourth-order valence-corrected chi connectivity index (χ4v) is 4.93. The smallest absolute Gasteiger partial charge is 0.320 e. The van der Waals surface area contributed by atoms with Crippen LogP contribution in [0.15, 0.2) is 41.3 Å². The van der Waals surface area contributed by atoms with Crippen LogP contribution in [0.3, 0.4) is 0 Å². The number of piperidine rings is 1. The lowest BCUT2D eigenvalue weighted by molar-refractivity contribution is -0.145. The minimum absolute atomic E-state index is 0.0557. The van der Waals surface area contributed by atoms with Crippen LogP contribution in [0.25, 0.3) is 0 Å². The van der Waals surface area contributed by atoms with Crippen molar-refractivity contribution in [3.05, 3.63) is 51.2 Å². The molecule has 0 radical (unpaired) electrons. The Kier molecular flexibility index (Phi) is 5.87. The van der Waals surface area contributed by atoms with Crippen molar-refractivity contribution >= 4 is 40.7 Å². The molecule has 0 bridgehead atoms. The summed E-state index contributed by atoms with van der Waals surface area (Å²) >= 11 is 9.40. The number of halogens is 1. The van der Waals surface area contributed by atoms with E-state index in [1.54, 1.807) is 11.8 Å². The van der Waals surface area contributed by atoms with Gasteiger partial charge >= 0.3 is 5.97 Å². The second-order valence-corrected chi connectivity index (χ2v) is 8.53. The molecule has 3 nitrogen and oxygen atoms in total. The first-order valence-corrected chi connectivity index (χ1v) is 10.4. The lowest BCUT2D eigenvalue weighted by Crippen LogP contribution is -2.46. The molecule has 1 aromatic carbocycles. The van der Waals surface area contributed by atoms with Gasteiger partial charge in [0, 0.05) is 9.77 Å². The van der Waals surface area contributed by atoms with Crippen LogP contribution in [-0.4, -0.2) is 34.8 Å². The maximum atomic E-state index is 11.8. The van der Waals surface area contributed by atoms with Gasteiger partial charge in [0.25, 0.3) is 0 Å². The zero-order chi connectivity index (χ0) is 17.1. The molecule has 0 spiro atoms. The van der Waals surface area contributed by atoms with Crippen molar-refractivity contribution in [3.63, 3.8) is 0 Å². The Bertz CT molecular complexity index is 701. The van der Waals surface area contributed by atoms with Crippen molar-refractivity contribution in [2.75, 3.05) is 12.8 Å². The van der Waals surface area contributed by atoms with E-state index in [0.717, 1.165) is 34.2 Å². The number of nitrogens with zero attached hydrogens (tertiary/aromatic N) is 1. The second kappa shape index (κ2) is 7.91. The number of aliphatic carboxylic acids is 1. The molecule has 2 unspecified atom stereocenters. The fraction of sp³-hybridized carbons (Fsp3) is 0.389. The molecule has 6 heteroatoms. The lowest BCUT2D eigenvalue weighted by atomic mass is 9.95. The van der Waals surface area contributed by atoms with Crippen LogP contribution in [0.1, 0.15) is 35.7 Å². The van der Waals surface area contributed by atoms with E-state index in [9.17, 15) is 9.90 Å². The molecule has 24 heavy (non-hydrogen) atoms. The Morgan fingerprint density at radius 3 is 2.62 bits per heavy atom. The largest absolute Gasteiger partial charge is 0.480 e. The van der Waals surface area contributed by atoms with E-state index < -0.39 is 12.0 Å². The van der Waals surface area contributed by atoms with Crippen molar-refractivity contribution < 1.29 is 9.90 Å². The molecule has 1 N–H and O–H groups in total. The van der Waals surface area contributed by atoms with Crippen molar-refractivity contribution in [1.82, 2.24) is 4.90 Å². The Morgan fingerprint density at radius 1 is 1.29 bits per heavy atom. The van der Waals surface area contributed by atoms with Crippen molar-refractivity contribution in [3.8, 4) is 0 Å². The summed E-state index contributed by atoms with van der Waals surface area (Å²) in [6, 6.07) is 11.8. The standard InChI is InChI=1S/C18H20ClNO2S2/c1-23-13-7-5-12(6-8-13)17(15-9-10-16(19)24-15)20-11-3-2-4-14(20)18(21)22/h5-10,14,17H,2-4,11H2,1H3,(H,21,22). The average Bonchev–Trinajstić information content (AvgIpc) is 3.02. The Balaban J connectivity index is 2.02. The number of thiophene rings is 1. The number of hydrogen-bond acceptors (Lipinski definition) is 4. The van der Waals surface area contributed by atoms with Gasteiger partial charge in [0.2, 0.25) is 0 Å². The minimum atomic E-state index is -0.733. The highest BCUT2D eigenvalue weighted by atomic mass is 35.5. The van der Waals surface area contributed by atoms with Crippen molar-refractivity contribution in [1.29, 1.82) is 0 Å². The monoisotopic (exact) mass is 381 g/mol. The summed E-state index contributed by atoms with van der Waals surface area (Å²) in [4.78, 5) is 16.2. The number of thioether (sulfide) groups is 1. The highest BCUT2D eigenvalue weighted by molar-refractivity contribution is 7.98. The number of rotatable bonds is 5. The zero-order valence-corrected chi connectivity index (χ0v) is 15.8. The van der Waals surface area contributed by atoms with Gasteiger partial charge in [-0.05, 0) is 55.5 Å². The summed E-state index contributed by atoms with van der Waals surface area (Å²) in [5, 5.41) is 9.67. The van der Waals surface area contributed by atoms with Crippen LogP contribution in [0, 0.1) is 0 Å². The molecule has 2 heterocycles. The zero-order valence-electron chi connectivity index (χ0n) is 13.4. The fourth-order valence-electron chi connectivity index (χ4n) is 3.31. The number of carboxylic acids is 1. The molecule has 0 saturated carbocycles. The van der Waals surface area contributed by atoms with Gasteiger partial charge in [-0.15, -0.1) is 23.1 Å². The number of carbonyl (C=O) groups is 1. The molecular formula is C18H20ClNO2S2. The van der Waals surface area contributed by atoms with Crippen LogP contribution in [0.2, 0.25) is 4.34 Å². The predicted molar refractivity (Wildman–Crippen MR) is 101 cm³/mol. The van der Waals surface area contributed by atoms with Crippen LogP contribution < -0.4 is 0 Å². The Morgan fingerprint density at radius 2 is 2.04 bits per heavy atom. The van der Waals surface area contributed by atoms with Crippen LogP contribution in [0.4, 0.5) is 0 Å². The lowest BCUT2D eigenvalue weighted by Gasteiger charge is -2.39. The first-order chi connectivity index (χ1) is 11.6. The van der Waals surface area contributed by atoms with Crippen molar-refractivity contribution in [2.24, 2.45) is 0 Å². The summed E-state index contributed by atoms with van der Waals surface area (Å²) < 4.78 is 0.736. The van der Waals surface area contributed by atoms with Crippen LogP contribution in [0.5, 0.6) is 0 Å². The molecule has 1 saturated heterocycles. The van der Waals surface area contributed by atoms with Gasteiger partial charge in [0.1, 0.15) is 6.04 Å². The number of likely N-dealkylation sites (tertiary alicyclic amines) is 1. The molecule has 1 aromatic heterocycles. The van der Waals surface area contributed by atoms with Crippen LogP contribution in [-0.2, 0) is 4.79 Å².